The Morgan fingerprint density at radius 3 is 2.89 bits per heavy atom. The molecule has 1 aromatic heterocycles. The van der Waals surface area contributed by atoms with Crippen LogP contribution in [-0.2, 0) is 6.54 Å². The van der Waals surface area contributed by atoms with Gasteiger partial charge in [0, 0.05) is 5.92 Å². The molecule has 1 N–H and O–H groups in total. The highest BCUT2D eigenvalue weighted by Gasteiger charge is 2.43. The Labute approximate surface area is 106 Å². The second kappa shape index (κ2) is 4.90. The maximum Gasteiger partial charge on any atom is 0.230 e. The summed E-state index contributed by atoms with van der Waals surface area (Å²) in [5.74, 6) is 2.51. The maximum atomic E-state index is 5.34. The van der Waals surface area contributed by atoms with E-state index in [0.29, 0.717) is 18.4 Å². The van der Waals surface area contributed by atoms with Gasteiger partial charge in [0.15, 0.2) is 5.82 Å². The number of hydrogen-bond donors (Lipinski definition) is 1. The van der Waals surface area contributed by atoms with Gasteiger partial charge < -0.3 is 9.84 Å². The molecule has 1 heterocycles. The van der Waals surface area contributed by atoms with Crippen LogP contribution in [0.5, 0.6) is 0 Å². The minimum absolute atomic E-state index is 0.412. The van der Waals surface area contributed by atoms with E-state index in [1.54, 1.807) is 0 Å². The Bertz CT molecular complexity index is 509. The topological polar surface area (TPSA) is 51.0 Å². The minimum atomic E-state index is 0.412. The molecule has 4 nitrogen and oxygen atoms in total. The molecule has 0 spiro atoms. The van der Waals surface area contributed by atoms with Crippen molar-refractivity contribution in [3.05, 3.63) is 47.6 Å². The van der Waals surface area contributed by atoms with E-state index in [9.17, 15) is 0 Å². The van der Waals surface area contributed by atoms with Gasteiger partial charge in [0.05, 0.1) is 6.54 Å². The van der Waals surface area contributed by atoms with Crippen molar-refractivity contribution in [2.45, 2.75) is 31.7 Å². The van der Waals surface area contributed by atoms with Gasteiger partial charge in [0.25, 0.3) is 0 Å². The zero-order valence-corrected chi connectivity index (χ0v) is 10.5. The molecule has 2 atom stereocenters. The summed E-state index contributed by atoms with van der Waals surface area (Å²) in [7, 11) is 0. The number of hydrogen-bond acceptors (Lipinski definition) is 4. The summed E-state index contributed by atoms with van der Waals surface area (Å²) in [5.41, 5.74) is 1.37. The van der Waals surface area contributed by atoms with Crippen LogP contribution in [0.4, 0.5) is 0 Å². The highest BCUT2D eigenvalue weighted by atomic mass is 16.5. The lowest BCUT2D eigenvalue weighted by Crippen LogP contribution is -2.12. The number of rotatable bonds is 5. The van der Waals surface area contributed by atoms with Gasteiger partial charge in [-0.05, 0) is 24.4 Å². The van der Waals surface area contributed by atoms with Gasteiger partial charge in [-0.2, -0.15) is 4.98 Å². The Morgan fingerprint density at radius 2 is 2.11 bits per heavy atom. The predicted octanol–water partition coefficient (Wildman–Crippen LogP) is 2.45. The molecule has 0 amide bonds. The Kier molecular flexibility index (Phi) is 3.11. The highest BCUT2D eigenvalue weighted by Crippen LogP contribution is 2.53. The molecule has 3 rings (SSSR count). The van der Waals surface area contributed by atoms with Crippen LogP contribution in [0.25, 0.3) is 0 Å². The fraction of sp³-hybridized carbons (Fsp3) is 0.429. The van der Waals surface area contributed by atoms with Crippen LogP contribution < -0.4 is 5.32 Å². The first-order valence-corrected chi connectivity index (χ1v) is 6.46. The van der Waals surface area contributed by atoms with Crippen molar-refractivity contribution in [1.82, 2.24) is 15.5 Å². The second-order valence-electron chi connectivity index (χ2n) is 4.69. The molecule has 1 aliphatic carbocycles. The third kappa shape index (κ3) is 2.29. The SMILES string of the molecule is CCNCc1noc(C2CC2c2ccccc2)n1. The van der Waals surface area contributed by atoms with Gasteiger partial charge in [-0.25, -0.2) is 0 Å². The summed E-state index contributed by atoms with van der Waals surface area (Å²) in [4.78, 5) is 4.45. The van der Waals surface area contributed by atoms with E-state index in [0.717, 1.165) is 24.7 Å². The van der Waals surface area contributed by atoms with Crippen LogP contribution in [0.3, 0.4) is 0 Å². The van der Waals surface area contributed by atoms with Gasteiger partial charge in [0.1, 0.15) is 0 Å². The van der Waals surface area contributed by atoms with Crippen molar-refractivity contribution in [1.29, 1.82) is 0 Å². The number of benzene rings is 1. The quantitative estimate of drug-likeness (QED) is 0.876. The Balaban J connectivity index is 1.65. The van der Waals surface area contributed by atoms with Gasteiger partial charge in [-0.3, -0.25) is 0 Å². The summed E-state index contributed by atoms with van der Waals surface area (Å²) >= 11 is 0. The lowest BCUT2D eigenvalue weighted by atomic mass is 10.1. The smallest absolute Gasteiger partial charge is 0.230 e. The average molecular weight is 243 g/mol. The first-order chi connectivity index (χ1) is 8.88. The van der Waals surface area contributed by atoms with E-state index >= 15 is 0 Å². The molecule has 0 radical (unpaired) electrons. The predicted molar refractivity (Wildman–Crippen MR) is 68.2 cm³/mol. The van der Waals surface area contributed by atoms with Gasteiger partial charge in [0.2, 0.25) is 5.89 Å². The van der Waals surface area contributed by atoms with E-state index in [-0.39, 0.29) is 0 Å². The van der Waals surface area contributed by atoms with Crippen molar-refractivity contribution >= 4 is 0 Å². The van der Waals surface area contributed by atoms with Crippen LogP contribution in [0.1, 0.15) is 42.5 Å². The number of nitrogens with zero attached hydrogens (tertiary/aromatic N) is 2. The molecule has 1 aliphatic rings. The van der Waals surface area contributed by atoms with E-state index in [1.165, 1.54) is 5.56 Å². The summed E-state index contributed by atoms with van der Waals surface area (Å²) < 4.78 is 5.34. The number of aromatic nitrogens is 2. The Hall–Kier alpha value is -1.68. The average Bonchev–Trinajstić information content (AvgIpc) is 3.09. The largest absolute Gasteiger partial charge is 0.339 e. The molecular formula is C14H17N3O. The molecule has 94 valence electrons. The normalized spacial score (nSPS) is 22.1. The van der Waals surface area contributed by atoms with E-state index in [2.05, 4.69) is 46.6 Å². The van der Waals surface area contributed by atoms with Crippen LogP contribution in [-0.4, -0.2) is 16.7 Å². The fourth-order valence-electron chi connectivity index (χ4n) is 2.26. The third-order valence-corrected chi connectivity index (χ3v) is 3.35. The maximum absolute atomic E-state index is 5.34. The second-order valence-corrected chi connectivity index (χ2v) is 4.69. The summed E-state index contributed by atoms with van der Waals surface area (Å²) in [5, 5.41) is 7.19. The molecule has 18 heavy (non-hydrogen) atoms. The minimum Gasteiger partial charge on any atom is -0.339 e. The van der Waals surface area contributed by atoms with Crippen LogP contribution >= 0.6 is 0 Å². The van der Waals surface area contributed by atoms with Crippen molar-refractivity contribution in [2.75, 3.05) is 6.54 Å². The first-order valence-electron chi connectivity index (χ1n) is 6.46. The highest BCUT2D eigenvalue weighted by molar-refractivity contribution is 5.30. The summed E-state index contributed by atoms with van der Waals surface area (Å²) in [6.07, 6.45) is 1.12. The van der Waals surface area contributed by atoms with Crippen LogP contribution in [0.2, 0.25) is 0 Å². The fourth-order valence-corrected chi connectivity index (χ4v) is 2.26. The molecule has 1 saturated carbocycles. The monoisotopic (exact) mass is 243 g/mol. The zero-order valence-electron chi connectivity index (χ0n) is 10.5. The Morgan fingerprint density at radius 1 is 1.28 bits per heavy atom. The lowest BCUT2D eigenvalue weighted by molar-refractivity contribution is 0.371. The van der Waals surface area contributed by atoms with E-state index < -0.39 is 0 Å². The molecule has 0 saturated heterocycles. The molecular weight excluding hydrogens is 226 g/mol. The van der Waals surface area contributed by atoms with Crippen molar-refractivity contribution in [2.24, 2.45) is 0 Å². The molecule has 1 fully saturated rings. The van der Waals surface area contributed by atoms with Crippen LogP contribution in [0.15, 0.2) is 34.9 Å². The van der Waals surface area contributed by atoms with E-state index in [4.69, 9.17) is 4.52 Å². The molecule has 0 aliphatic heterocycles. The zero-order chi connectivity index (χ0) is 12.4. The lowest BCUT2D eigenvalue weighted by Gasteiger charge is -1.96. The molecule has 0 bridgehead atoms. The molecule has 2 unspecified atom stereocenters. The van der Waals surface area contributed by atoms with Crippen molar-refractivity contribution in [3.8, 4) is 0 Å². The van der Waals surface area contributed by atoms with E-state index in [1.807, 2.05) is 6.07 Å². The van der Waals surface area contributed by atoms with Gasteiger partial charge in [-0.15, -0.1) is 0 Å². The molecule has 2 aromatic rings. The third-order valence-electron chi connectivity index (χ3n) is 3.35. The van der Waals surface area contributed by atoms with Crippen LogP contribution in [0, 0.1) is 0 Å². The number of nitrogens with one attached hydrogen (secondary N) is 1. The summed E-state index contributed by atoms with van der Waals surface area (Å²) in [6.45, 7) is 3.66. The van der Waals surface area contributed by atoms with Crippen molar-refractivity contribution < 1.29 is 4.52 Å². The summed E-state index contributed by atoms with van der Waals surface area (Å²) in [6, 6.07) is 10.5. The molecule has 1 aromatic carbocycles. The first kappa shape index (κ1) is 11.4. The van der Waals surface area contributed by atoms with Gasteiger partial charge >= 0.3 is 0 Å². The molecule has 4 heteroatoms. The van der Waals surface area contributed by atoms with Gasteiger partial charge in [-0.1, -0.05) is 42.4 Å². The standard InChI is InChI=1S/C14H17N3O/c1-2-15-9-13-16-14(18-17-13)12-8-11(12)10-6-4-3-5-7-10/h3-7,11-12,15H,2,8-9H2,1H3. The van der Waals surface area contributed by atoms with Crippen molar-refractivity contribution in [3.63, 3.8) is 0 Å².